The van der Waals surface area contributed by atoms with E-state index in [4.69, 9.17) is 9.29 Å². The summed E-state index contributed by atoms with van der Waals surface area (Å²) >= 11 is 0. The Kier molecular flexibility index (Phi) is 8.29. The molecule has 0 heterocycles. The van der Waals surface area contributed by atoms with Gasteiger partial charge in [-0.2, -0.15) is 8.42 Å². The van der Waals surface area contributed by atoms with E-state index in [0.29, 0.717) is 13.0 Å². The smallest absolute Gasteiger partial charge is 0.305 e. The quantitative estimate of drug-likeness (QED) is 0.506. The molecule has 1 rings (SSSR count). The van der Waals surface area contributed by atoms with Crippen molar-refractivity contribution in [2.45, 2.75) is 25.2 Å². The second-order valence-corrected chi connectivity index (χ2v) is 7.30. The van der Waals surface area contributed by atoms with Gasteiger partial charge in [-0.25, -0.2) is 0 Å². The van der Waals surface area contributed by atoms with Gasteiger partial charge in [0.05, 0.1) is 26.0 Å². The highest BCUT2D eigenvalue weighted by Gasteiger charge is 2.08. The molecule has 0 atom stereocenters. The fourth-order valence-corrected chi connectivity index (χ4v) is 1.73. The number of esters is 1. The predicted molar refractivity (Wildman–Crippen MR) is 85.1 cm³/mol. The van der Waals surface area contributed by atoms with Crippen molar-refractivity contribution in [2.24, 2.45) is 0 Å². The van der Waals surface area contributed by atoms with Crippen LogP contribution in [0.3, 0.4) is 0 Å². The number of aryl methyl sites for hydroxylation is 1. The molecule has 0 bridgehead atoms. The van der Waals surface area contributed by atoms with E-state index in [1.165, 1.54) is 12.1 Å². The predicted octanol–water partition coefficient (Wildman–Crippen LogP) is 1.89. The van der Waals surface area contributed by atoms with Crippen LogP contribution in [0, 0.1) is 6.92 Å². The summed E-state index contributed by atoms with van der Waals surface area (Å²) in [6.45, 7) is 5.03. The molecule has 7 heteroatoms. The molecule has 0 amide bonds. The summed E-state index contributed by atoms with van der Waals surface area (Å²) in [6, 6.07) is 5.99. The molecule has 0 spiro atoms. The number of carbonyl (C=O) groups excluding carboxylic acids is 1. The van der Waals surface area contributed by atoms with Gasteiger partial charge in [0, 0.05) is 6.42 Å². The highest BCUT2D eigenvalue weighted by atomic mass is 32.2. The molecular weight excluding hydrogens is 306 g/mol. The van der Waals surface area contributed by atoms with Crippen molar-refractivity contribution in [3.05, 3.63) is 29.8 Å². The van der Waals surface area contributed by atoms with Crippen molar-refractivity contribution in [2.75, 3.05) is 34.3 Å². The first kappa shape index (κ1) is 20.6. The van der Waals surface area contributed by atoms with Crippen molar-refractivity contribution in [3.63, 3.8) is 0 Å². The van der Waals surface area contributed by atoms with Crippen LogP contribution in [-0.4, -0.2) is 57.7 Å². The molecular formula is C15H26NO5S+. The van der Waals surface area contributed by atoms with Gasteiger partial charge in [-0.05, 0) is 19.1 Å². The maximum atomic E-state index is 10.7. The highest BCUT2D eigenvalue weighted by Crippen LogP contribution is 2.08. The minimum atomic E-state index is -4.02. The summed E-state index contributed by atoms with van der Waals surface area (Å²) in [4.78, 5) is 10.6. The normalized spacial score (nSPS) is 11.4. The van der Waals surface area contributed by atoms with Gasteiger partial charge < -0.3 is 9.22 Å². The topological polar surface area (TPSA) is 80.7 Å². The maximum Gasteiger partial charge on any atom is 0.305 e. The van der Waals surface area contributed by atoms with E-state index in [1.807, 2.05) is 6.92 Å². The number of rotatable bonds is 5. The lowest BCUT2D eigenvalue weighted by Gasteiger charge is -2.23. The molecule has 22 heavy (non-hydrogen) atoms. The Morgan fingerprint density at radius 3 is 2.05 bits per heavy atom. The van der Waals surface area contributed by atoms with Crippen molar-refractivity contribution < 1.29 is 27.0 Å². The number of likely N-dealkylation sites (N-methyl/N-ethyl adjacent to an activating group) is 1. The van der Waals surface area contributed by atoms with Crippen LogP contribution in [0.2, 0.25) is 0 Å². The number of nitrogens with zero attached hydrogens (tertiary/aromatic N) is 1. The average Bonchev–Trinajstić information content (AvgIpc) is 2.37. The average molecular weight is 332 g/mol. The third-order valence-corrected chi connectivity index (χ3v) is 3.50. The number of quaternary nitrogens is 1. The van der Waals surface area contributed by atoms with Gasteiger partial charge in [0.2, 0.25) is 0 Å². The molecule has 0 radical (unpaired) electrons. The first-order valence-electron chi connectivity index (χ1n) is 6.96. The van der Waals surface area contributed by atoms with E-state index in [1.54, 1.807) is 19.1 Å². The third-order valence-electron chi connectivity index (χ3n) is 2.63. The molecule has 0 fully saturated rings. The Morgan fingerprint density at radius 1 is 1.18 bits per heavy atom. The SMILES string of the molecule is CCC(=O)OCC[N+](C)(C)C.Cc1ccc(S(=O)(=O)O)cc1. The molecule has 1 N–H and O–H groups in total. The lowest BCUT2D eigenvalue weighted by atomic mass is 10.2. The van der Waals surface area contributed by atoms with Crippen LogP contribution in [-0.2, 0) is 19.6 Å². The zero-order valence-corrected chi connectivity index (χ0v) is 14.7. The third kappa shape index (κ3) is 10.3. The maximum absolute atomic E-state index is 10.7. The van der Waals surface area contributed by atoms with Crippen molar-refractivity contribution >= 4 is 16.1 Å². The van der Waals surface area contributed by atoms with Gasteiger partial charge in [-0.3, -0.25) is 9.35 Å². The van der Waals surface area contributed by atoms with Gasteiger partial charge in [-0.15, -0.1) is 0 Å². The van der Waals surface area contributed by atoms with E-state index in [9.17, 15) is 13.2 Å². The van der Waals surface area contributed by atoms with Gasteiger partial charge in [0.25, 0.3) is 10.1 Å². The number of carbonyl (C=O) groups is 1. The fourth-order valence-electron chi connectivity index (χ4n) is 1.25. The summed E-state index contributed by atoms with van der Waals surface area (Å²) in [7, 11) is 2.19. The van der Waals surface area contributed by atoms with Crippen molar-refractivity contribution in [1.82, 2.24) is 0 Å². The molecule has 1 aromatic carbocycles. The molecule has 0 aliphatic rings. The summed E-state index contributed by atoms with van der Waals surface area (Å²) in [5.41, 5.74) is 0.956. The van der Waals surface area contributed by atoms with Gasteiger partial charge in [-0.1, -0.05) is 24.6 Å². The van der Waals surface area contributed by atoms with E-state index in [2.05, 4.69) is 21.1 Å². The number of ether oxygens (including phenoxy) is 1. The Bertz CT molecular complexity index is 559. The summed E-state index contributed by atoms with van der Waals surface area (Å²) in [5, 5.41) is 0. The van der Waals surface area contributed by atoms with Crippen LogP contribution < -0.4 is 0 Å². The summed E-state index contributed by atoms with van der Waals surface area (Å²) in [6.07, 6.45) is 0.469. The standard InChI is InChI=1S/C8H18NO2.C7H8O3S/c1-5-8(10)11-7-6-9(2,3)4;1-6-2-4-7(5-3-6)11(8,9)10/h5-7H2,1-4H3;2-5H,1H3,(H,8,9,10)/q+1;. The molecule has 0 saturated heterocycles. The monoisotopic (exact) mass is 332 g/mol. The second kappa shape index (κ2) is 8.87. The first-order chi connectivity index (χ1) is 9.95. The molecule has 0 saturated carbocycles. The minimum absolute atomic E-state index is 0.0666. The first-order valence-corrected chi connectivity index (χ1v) is 8.40. The van der Waals surface area contributed by atoms with Crippen LogP contribution >= 0.6 is 0 Å². The van der Waals surface area contributed by atoms with Gasteiger partial charge >= 0.3 is 5.97 Å². The molecule has 1 aromatic rings. The number of hydrogen-bond donors (Lipinski definition) is 1. The van der Waals surface area contributed by atoms with E-state index in [0.717, 1.165) is 16.6 Å². The molecule has 0 aromatic heterocycles. The molecule has 0 aliphatic carbocycles. The highest BCUT2D eigenvalue weighted by molar-refractivity contribution is 7.85. The Morgan fingerprint density at radius 2 is 1.68 bits per heavy atom. The van der Waals surface area contributed by atoms with Crippen LogP contribution in [0.1, 0.15) is 18.9 Å². The van der Waals surface area contributed by atoms with E-state index < -0.39 is 10.1 Å². The van der Waals surface area contributed by atoms with Crippen LogP contribution in [0.25, 0.3) is 0 Å². The van der Waals surface area contributed by atoms with E-state index >= 15 is 0 Å². The zero-order valence-electron chi connectivity index (χ0n) is 13.9. The summed E-state index contributed by atoms with van der Waals surface area (Å²) in [5.74, 6) is -0.113. The Balaban J connectivity index is 0.000000401. The van der Waals surface area contributed by atoms with E-state index in [-0.39, 0.29) is 10.9 Å². The minimum Gasteiger partial charge on any atom is -0.460 e. The molecule has 0 aliphatic heterocycles. The Hall–Kier alpha value is -1.44. The summed E-state index contributed by atoms with van der Waals surface area (Å²) < 4.78 is 35.3. The fraction of sp³-hybridized carbons (Fsp3) is 0.533. The van der Waals surface area contributed by atoms with Crippen LogP contribution in [0.15, 0.2) is 29.2 Å². The molecule has 0 unspecified atom stereocenters. The lowest BCUT2D eigenvalue weighted by Crippen LogP contribution is -2.37. The van der Waals surface area contributed by atoms with Crippen LogP contribution in [0.4, 0.5) is 0 Å². The zero-order chi connectivity index (χ0) is 17.4. The van der Waals surface area contributed by atoms with Crippen molar-refractivity contribution in [3.8, 4) is 0 Å². The number of hydrogen-bond acceptors (Lipinski definition) is 4. The largest absolute Gasteiger partial charge is 0.460 e. The van der Waals surface area contributed by atoms with Crippen molar-refractivity contribution in [1.29, 1.82) is 0 Å². The number of benzene rings is 1. The van der Waals surface area contributed by atoms with Gasteiger partial charge in [0.15, 0.2) is 0 Å². The molecule has 126 valence electrons. The molecule has 6 nitrogen and oxygen atoms in total. The second-order valence-electron chi connectivity index (χ2n) is 5.88. The Labute approximate surface area is 133 Å². The van der Waals surface area contributed by atoms with Crippen LogP contribution in [0.5, 0.6) is 0 Å². The lowest BCUT2D eigenvalue weighted by molar-refractivity contribution is -0.870. The van der Waals surface area contributed by atoms with Gasteiger partial charge in [0.1, 0.15) is 13.2 Å².